The first-order chi connectivity index (χ1) is 38.4. The molecule has 0 spiro atoms. The molecule has 4 amide bonds. The van der Waals surface area contributed by atoms with Crippen LogP contribution in [0.25, 0.3) is 31.0 Å². The number of nitrogens with zero attached hydrogens (tertiary/aromatic N) is 3. The van der Waals surface area contributed by atoms with E-state index in [1.807, 2.05) is 58.9 Å². The maximum Gasteiger partial charge on any atom is 0.271 e. The zero-order valence-electron chi connectivity index (χ0n) is 45.0. The number of ether oxygens (including phenoxy) is 4. The van der Waals surface area contributed by atoms with Gasteiger partial charge in [-0.15, -0.1) is 22.7 Å². The number of thiazole rings is 1. The highest BCUT2D eigenvalue weighted by molar-refractivity contribution is 7.22. The largest absolute Gasteiger partial charge is 0.508 e. The molecular weight excluding hydrogens is 1060 g/mol. The Morgan fingerprint density at radius 1 is 0.787 bits per heavy atom. The summed E-state index contributed by atoms with van der Waals surface area (Å²) in [6.07, 6.45) is 0.658. The zero-order valence-corrected chi connectivity index (χ0v) is 46.6. The summed E-state index contributed by atoms with van der Waals surface area (Å²) in [4.78, 5) is 75.4. The van der Waals surface area contributed by atoms with Gasteiger partial charge in [0.05, 0.1) is 67.5 Å². The number of carbonyl (C=O) groups excluding carboxylic acids is 5. The quantitative estimate of drug-likeness (QED) is 0.0145. The molecule has 1 fully saturated rings. The molecular formula is C60H64N6O12S2. The van der Waals surface area contributed by atoms with Gasteiger partial charge in [-0.1, -0.05) is 57.2 Å². The van der Waals surface area contributed by atoms with E-state index in [1.165, 1.54) is 34.6 Å². The van der Waals surface area contributed by atoms with Gasteiger partial charge in [0.25, 0.3) is 5.91 Å². The van der Waals surface area contributed by atoms with Crippen molar-refractivity contribution >= 4 is 68.4 Å². The van der Waals surface area contributed by atoms with Crippen molar-refractivity contribution in [2.24, 2.45) is 10.5 Å². The first-order valence-electron chi connectivity index (χ1n) is 26.0. The summed E-state index contributed by atoms with van der Waals surface area (Å²) < 4.78 is 23.2. The lowest BCUT2D eigenvalue weighted by Crippen LogP contribution is -2.58. The van der Waals surface area contributed by atoms with Crippen LogP contribution in [0.2, 0.25) is 0 Å². The molecule has 7 aromatic rings. The number of hydrogen-bond donors (Lipinski definition) is 6. The van der Waals surface area contributed by atoms with Crippen molar-refractivity contribution in [3.05, 3.63) is 154 Å². The lowest BCUT2D eigenvalue weighted by Gasteiger charge is -2.35. The smallest absolute Gasteiger partial charge is 0.271 e. The molecule has 20 heteroatoms. The second-order valence-corrected chi connectivity index (χ2v) is 22.1. The van der Waals surface area contributed by atoms with Crippen LogP contribution >= 0.6 is 22.7 Å². The number of hydrazone groups is 1. The number of ketones is 1. The Bertz CT molecular complexity index is 3320. The number of aryl methyl sites for hydroxylation is 1. The van der Waals surface area contributed by atoms with Crippen molar-refractivity contribution < 1.29 is 58.2 Å². The molecule has 0 unspecified atom stereocenters. The highest BCUT2D eigenvalue weighted by Crippen LogP contribution is 2.42. The molecule has 0 bridgehead atoms. The highest BCUT2D eigenvalue weighted by Gasteiger charge is 2.44. The van der Waals surface area contributed by atoms with Gasteiger partial charge < -0.3 is 49.8 Å². The summed E-state index contributed by atoms with van der Waals surface area (Å²) in [5, 5.41) is 41.2. The number of aliphatic hydroxyl groups excluding tert-OH is 1. The topological polar surface area (TPSA) is 248 Å². The maximum atomic E-state index is 14.1. The predicted octanol–water partition coefficient (Wildman–Crippen LogP) is 8.21. The first-order valence-corrected chi connectivity index (χ1v) is 27.7. The Kier molecular flexibility index (Phi) is 19.6. The Morgan fingerprint density at radius 2 is 1.44 bits per heavy atom. The molecule has 1 saturated heterocycles. The molecule has 80 heavy (non-hydrogen) atoms. The monoisotopic (exact) mass is 1120 g/mol. The van der Waals surface area contributed by atoms with E-state index in [-0.39, 0.29) is 80.8 Å². The molecule has 1 aliphatic rings. The lowest BCUT2D eigenvalue weighted by molar-refractivity contribution is -0.144. The van der Waals surface area contributed by atoms with E-state index in [2.05, 4.69) is 26.1 Å². The number of nitrogens with one attached hydrogen (secondary N) is 3. The van der Waals surface area contributed by atoms with E-state index in [9.17, 15) is 39.3 Å². The van der Waals surface area contributed by atoms with Crippen molar-refractivity contribution in [2.45, 2.75) is 65.3 Å². The van der Waals surface area contributed by atoms with E-state index in [1.54, 1.807) is 95.7 Å². The zero-order chi connectivity index (χ0) is 56.9. The third-order valence-corrected chi connectivity index (χ3v) is 15.4. The molecule has 3 heterocycles. The predicted molar refractivity (Wildman–Crippen MR) is 306 cm³/mol. The SMILES string of the molecule is Cc1ncsc1-c1ccc([C@H](C)NC(=O)[C@@H]2C[C@@H](O)CN2C(=O)[C@@H](NC(=O)COCCOCCOCCOc2ccc(/C=N/NC(=O)c3cccc(C(=O)c4c(-c5ccc(O)cc5)sc5cc(O)ccc45)c3)cc2)C(C)(C)C)cc1. The number of aromatic hydroxyl groups is 2. The standard InChI is InChI=1S/C60H64N6O12S2/c1-36(39-11-13-40(14-12-39)54-37(2)61-35-79-54)63-58(73)49-30-46(69)33-66(49)59(74)56(60(3,4)5)64-51(70)34-77-26-25-75-23-24-76-27-28-78-47-20-9-38(10-21-47)32-62-65-57(72)43-8-6-7-42(29-43)53(71)52-48-22-19-45(68)31-50(48)80-55(52)41-15-17-44(67)18-16-41/h6-22,29,31-32,35-36,46,49,56,67-69H,23-28,30,33-34H2,1-5H3,(H,63,73)(H,64,70)(H,65,72)/b62-32+/t36-,46+,49-,56+/m0/s1. The van der Waals surface area contributed by atoms with Crippen LogP contribution in [0.5, 0.6) is 17.2 Å². The fraction of sp³-hybridized carbons (Fsp3) is 0.317. The van der Waals surface area contributed by atoms with Crippen molar-refractivity contribution in [1.82, 2.24) is 25.9 Å². The minimum Gasteiger partial charge on any atom is -0.508 e. The van der Waals surface area contributed by atoms with Crippen molar-refractivity contribution in [3.63, 3.8) is 0 Å². The Hall–Kier alpha value is -7.85. The maximum absolute atomic E-state index is 14.1. The lowest BCUT2D eigenvalue weighted by atomic mass is 9.85. The average molecular weight is 1130 g/mol. The number of likely N-dealkylation sites (tertiary alicyclic amines) is 1. The van der Waals surface area contributed by atoms with Crippen LogP contribution in [0.1, 0.15) is 83.3 Å². The summed E-state index contributed by atoms with van der Waals surface area (Å²) in [5.41, 5.74) is 8.84. The van der Waals surface area contributed by atoms with Gasteiger partial charge in [0.15, 0.2) is 5.78 Å². The number of carbonyl (C=O) groups is 5. The second kappa shape index (κ2) is 26.9. The number of phenolic OH excluding ortho intramolecular Hbond substituents is 2. The minimum atomic E-state index is -0.996. The summed E-state index contributed by atoms with van der Waals surface area (Å²) in [6, 6.07) is 30.4. The highest BCUT2D eigenvalue weighted by atomic mass is 32.1. The molecule has 0 radical (unpaired) electrons. The number of amides is 4. The Labute approximate surface area is 471 Å². The molecule has 4 atom stereocenters. The number of thiophene rings is 1. The van der Waals surface area contributed by atoms with Gasteiger partial charge in [-0.2, -0.15) is 5.10 Å². The van der Waals surface area contributed by atoms with E-state index in [0.717, 1.165) is 27.3 Å². The van der Waals surface area contributed by atoms with Crippen molar-refractivity contribution in [1.29, 1.82) is 0 Å². The summed E-state index contributed by atoms with van der Waals surface area (Å²) >= 11 is 2.91. The van der Waals surface area contributed by atoms with E-state index in [0.29, 0.717) is 50.6 Å². The molecule has 6 N–H and O–H groups in total. The molecule has 8 rings (SSSR count). The van der Waals surface area contributed by atoms with Crippen molar-refractivity contribution in [3.8, 4) is 38.1 Å². The van der Waals surface area contributed by atoms with E-state index >= 15 is 0 Å². The number of β-amino-alcohol motifs (C(OH)–C–C–N with tert-alkyl or cyclic N) is 1. The van der Waals surface area contributed by atoms with Gasteiger partial charge in [0.2, 0.25) is 17.7 Å². The number of rotatable bonds is 24. The number of benzene rings is 5. The molecule has 18 nitrogen and oxygen atoms in total. The van der Waals surface area contributed by atoms with Gasteiger partial charge in [0, 0.05) is 44.6 Å². The molecule has 2 aromatic heterocycles. The summed E-state index contributed by atoms with van der Waals surface area (Å²) in [5.74, 6) is -1.41. The fourth-order valence-corrected chi connectivity index (χ4v) is 11.0. The second-order valence-electron chi connectivity index (χ2n) is 20.2. The van der Waals surface area contributed by atoms with Crippen LogP contribution in [0.15, 0.2) is 126 Å². The molecule has 0 aliphatic carbocycles. The van der Waals surface area contributed by atoms with Gasteiger partial charge in [-0.25, -0.2) is 10.4 Å². The van der Waals surface area contributed by atoms with Crippen molar-refractivity contribution in [2.75, 3.05) is 52.8 Å². The number of aromatic nitrogens is 1. The van der Waals surface area contributed by atoms with Crippen LogP contribution in [0, 0.1) is 12.3 Å². The van der Waals surface area contributed by atoms with E-state index < -0.39 is 41.3 Å². The van der Waals surface area contributed by atoms with Gasteiger partial charge in [-0.3, -0.25) is 24.0 Å². The van der Waals surface area contributed by atoms with Crippen LogP contribution in [-0.4, -0.2) is 132 Å². The molecule has 0 saturated carbocycles. The number of hydrogen-bond acceptors (Lipinski definition) is 16. The van der Waals surface area contributed by atoms with Gasteiger partial charge in [-0.05, 0) is 120 Å². The third kappa shape index (κ3) is 15.1. The van der Waals surface area contributed by atoms with Crippen LogP contribution in [0.3, 0.4) is 0 Å². The minimum absolute atomic E-state index is 0.0401. The molecule has 5 aromatic carbocycles. The number of fused-ring (bicyclic) bond motifs is 1. The summed E-state index contributed by atoms with van der Waals surface area (Å²) in [6.45, 7) is 10.4. The fourth-order valence-electron chi connectivity index (χ4n) is 8.99. The van der Waals surface area contributed by atoms with Gasteiger partial charge in [0.1, 0.15) is 42.5 Å². The average Bonchev–Trinajstić information content (AvgIpc) is 4.21. The van der Waals surface area contributed by atoms with Crippen LogP contribution < -0.4 is 20.8 Å². The summed E-state index contributed by atoms with van der Waals surface area (Å²) in [7, 11) is 0. The van der Waals surface area contributed by atoms with E-state index in [4.69, 9.17) is 18.9 Å². The first kappa shape index (κ1) is 58.3. The Balaban J connectivity index is 0.698. The van der Waals surface area contributed by atoms with Crippen LogP contribution in [-0.2, 0) is 28.6 Å². The Morgan fingerprint density at radius 3 is 2.12 bits per heavy atom. The number of aliphatic hydroxyl groups is 1. The normalized spacial score (nSPS) is 15.2. The van der Waals surface area contributed by atoms with Crippen LogP contribution in [0.4, 0.5) is 0 Å². The molecule has 418 valence electrons. The van der Waals surface area contributed by atoms with Gasteiger partial charge >= 0.3 is 0 Å². The molecule has 1 aliphatic heterocycles. The number of phenols is 2. The third-order valence-electron chi connectivity index (χ3n) is 13.2.